The number of hydrogen-bond acceptors (Lipinski definition) is 3. The molecule has 3 N–H and O–H groups in total. The zero-order valence-corrected chi connectivity index (χ0v) is 9.92. The highest BCUT2D eigenvalue weighted by molar-refractivity contribution is 5.69. The maximum absolute atomic E-state index is 5.89. The smallest absolute Gasteiger partial charge is 0.0794 e. The van der Waals surface area contributed by atoms with Gasteiger partial charge in [0.15, 0.2) is 0 Å². The minimum atomic E-state index is -0.186. The lowest BCUT2D eigenvalue weighted by atomic mass is 10.1. The second-order valence-electron chi connectivity index (χ2n) is 4.36. The molecule has 3 nitrogen and oxygen atoms in total. The van der Waals surface area contributed by atoms with Crippen molar-refractivity contribution in [3.05, 3.63) is 23.8 Å². The molecule has 0 unspecified atom stereocenters. The average molecular weight is 208 g/mol. The topological polar surface area (TPSA) is 47.3 Å². The summed E-state index contributed by atoms with van der Waals surface area (Å²) in [4.78, 5) is 0. The first-order valence-electron chi connectivity index (χ1n) is 5.10. The molecule has 1 aromatic carbocycles. The van der Waals surface area contributed by atoms with Crippen molar-refractivity contribution in [2.45, 2.75) is 26.4 Å². The van der Waals surface area contributed by atoms with Crippen LogP contribution < -0.4 is 11.1 Å². The Morgan fingerprint density at radius 2 is 2.07 bits per heavy atom. The summed E-state index contributed by atoms with van der Waals surface area (Å²) < 4.78 is 5.34. The standard InChI is InChI=1S/C12H20N2O/c1-9-6-5-7-10(13)11(9)14-8-12(2,3)15-4/h5-7,14H,8,13H2,1-4H3. The normalized spacial score (nSPS) is 11.5. The van der Waals surface area contributed by atoms with Gasteiger partial charge in [0.25, 0.3) is 0 Å². The molecule has 0 radical (unpaired) electrons. The molecule has 1 rings (SSSR count). The molecule has 0 saturated heterocycles. The Hall–Kier alpha value is -1.22. The zero-order valence-electron chi connectivity index (χ0n) is 9.92. The van der Waals surface area contributed by atoms with Crippen LogP contribution in [0, 0.1) is 6.92 Å². The molecule has 0 atom stereocenters. The Morgan fingerprint density at radius 1 is 1.40 bits per heavy atom. The first kappa shape index (κ1) is 11.9. The van der Waals surface area contributed by atoms with Gasteiger partial charge in [0.1, 0.15) is 0 Å². The van der Waals surface area contributed by atoms with E-state index in [0.717, 1.165) is 23.5 Å². The molecule has 3 heteroatoms. The van der Waals surface area contributed by atoms with Crippen molar-refractivity contribution in [2.24, 2.45) is 0 Å². The molecule has 0 spiro atoms. The second-order valence-corrected chi connectivity index (χ2v) is 4.36. The van der Waals surface area contributed by atoms with E-state index in [2.05, 4.69) is 5.32 Å². The number of nitrogens with two attached hydrogens (primary N) is 1. The Morgan fingerprint density at radius 3 is 2.60 bits per heavy atom. The number of nitrogen functional groups attached to an aromatic ring is 1. The minimum Gasteiger partial charge on any atom is -0.397 e. The third-order valence-corrected chi connectivity index (χ3v) is 2.55. The molecular formula is C12H20N2O. The van der Waals surface area contributed by atoms with E-state index >= 15 is 0 Å². The summed E-state index contributed by atoms with van der Waals surface area (Å²) in [6, 6.07) is 5.89. The monoisotopic (exact) mass is 208 g/mol. The molecular weight excluding hydrogens is 188 g/mol. The minimum absolute atomic E-state index is 0.186. The van der Waals surface area contributed by atoms with Crippen LogP contribution in [0.5, 0.6) is 0 Å². The lowest BCUT2D eigenvalue weighted by molar-refractivity contribution is 0.0344. The van der Waals surface area contributed by atoms with E-state index in [-0.39, 0.29) is 5.60 Å². The molecule has 0 aliphatic heterocycles. The number of para-hydroxylation sites is 1. The SMILES string of the molecule is COC(C)(C)CNc1c(C)cccc1N. The largest absolute Gasteiger partial charge is 0.397 e. The van der Waals surface area contributed by atoms with E-state index in [9.17, 15) is 0 Å². The summed E-state index contributed by atoms with van der Waals surface area (Å²) in [5.41, 5.74) is 8.64. The number of anilines is 2. The Labute approximate surface area is 91.6 Å². The highest BCUT2D eigenvalue weighted by Crippen LogP contribution is 2.23. The van der Waals surface area contributed by atoms with E-state index in [1.165, 1.54) is 0 Å². The van der Waals surface area contributed by atoms with Crippen LogP contribution >= 0.6 is 0 Å². The molecule has 0 bridgehead atoms. The number of aryl methyl sites for hydroxylation is 1. The van der Waals surface area contributed by atoms with Crippen LogP contribution in [-0.4, -0.2) is 19.3 Å². The predicted octanol–water partition coefficient (Wildman–Crippen LogP) is 2.41. The lowest BCUT2D eigenvalue weighted by Crippen LogP contribution is -2.32. The van der Waals surface area contributed by atoms with Crippen LogP contribution in [0.4, 0.5) is 11.4 Å². The highest BCUT2D eigenvalue weighted by atomic mass is 16.5. The van der Waals surface area contributed by atoms with Crippen molar-refractivity contribution >= 4 is 11.4 Å². The maximum atomic E-state index is 5.89. The van der Waals surface area contributed by atoms with Gasteiger partial charge in [0.2, 0.25) is 0 Å². The van der Waals surface area contributed by atoms with Gasteiger partial charge in [0, 0.05) is 13.7 Å². The van der Waals surface area contributed by atoms with Gasteiger partial charge in [-0.3, -0.25) is 0 Å². The van der Waals surface area contributed by atoms with Crippen molar-refractivity contribution in [3.8, 4) is 0 Å². The second kappa shape index (κ2) is 4.53. The van der Waals surface area contributed by atoms with E-state index < -0.39 is 0 Å². The maximum Gasteiger partial charge on any atom is 0.0794 e. The molecule has 1 aromatic rings. The van der Waals surface area contributed by atoms with Gasteiger partial charge in [-0.1, -0.05) is 12.1 Å². The van der Waals surface area contributed by atoms with Gasteiger partial charge in [0.05, 0.1) is 17.0 Å². The third kappa shape index (κ3) is 3.13. The summed E-state index contributed by atoms with van der Waals surface area (Å²) >= 11 is 0. The molecule has 15 heavy (non-hydrogen) atoms. The van der Waals surface area contributed by atoms with Crippen LogP contribution in [0.3, 0.4) is 0 Å². The fourth-order valence-corrected chi connectivity index (χ4v) is 1.31. The summed E-state index contributed by atoms with van der Waals surface area (Å²) in [5.74, 6) is 0. The molecule has 0 amide bonds. The van der Waals surface area contributed by atoms with Gasteiger partial charge in [-0.15, -0.1) is 0 Å². The summed E-state index contributed by atoms with van der Waals surface area (Å²) in [6.45, 7) is 6.85. The fraction of sp³-hybridized carbons (Fsp3) is 0.500. The van der Waals surface area contributed by atoms with Crippen molar-refractivity contribution < 1.29 is 4.74 Å². The van der Waals surface area contributed by atoms with Gasteiger partial charge in [-0.25, -0.2) is 0 Å². The van der Waals surface area contributed by atoms with Crippen molar-refractivity contribution in [3.63, 3.8) is 0 Å². The van der Waals surface area contributed by atoms with E-state index in [4.69, 9.17) is 10.5 Å². The van der Waals surface area contributed by atoms with Gasteiger partial charge < -0.3 is 15.8 Å². The molecule has 0 aliphatic rings. The molecule has 0 saturated carbocycles. The number of rotatable bonds is 4. The lowest BCUT2D eigenvalue weighted by Gasteiger charge is -2.24. The van der Waals surface area contributed by atoms with Gasteiger partial charge >= 0.3 is 0 Å². The van der Waals surface area contributed by atoms with Gasteiger partial charge in [-0.05, 0) is 32.4 Å². The predicted molar refractivity (Wildman–Crippen MR) is 65.2 cm³/mol. The summed E-state index contributed by atoms with van der Waals surface area (Å²) in [5, 5.41) is 3.32. The van der Waals surface area contributed by atoms with E-state index in [0.29, 0.717) is 0 Å². The van der Waals surface area contributed by atoms with E-state index in [1.54, 1.807) is 7.11 Å². The summed E-state index contributed by atoms with van der Waals surface area (Å²) in [7, 11) is 1.71. The number of nitrogens with one attached hydrogen (secondary N) is 1. The first-order valence-corrected chi connectivity index (χ1v) is 5.10. The van der Waals surface area contributed by atoms with E-state index in [1.807, 2.05) is 39.0 Å². The zero-order chi connectivity index (χ0) is 11.5. The Kier molecular flexibility index (Phi) is 3.58. The van der Waals surface area contributed by atoms with Crippen molar-refractivity contribution in [2.75, 3.05) is 24.7 Å². The quantitative estimate of drug-likeness (QED) is 0.747. The van der Waals surface area contributed by atoms with Crippen molar-refractivity contribution in [1.82, 2.24) is 0 Å². The van der Waals surface area contributed by atoms with Crippen LogP contribution in [0.2, 0.25) is 0 Å². The molecule has 0 fully saturated rings. The van der Waals surface area contributed by atoms with Crippen molar-refractivity contribution in [1.29, 1.82) is 0 Å². The first-order chi connectivity index (χ1) is 6.96. The average Bonchev–Trinajstić information content (AvgIpc) is 2.17. The van der Waals surface area contributed by atoms with Gasteiger partial charge in [-0.2, -0.15) is 0 Å². The number of ether oxygens (including phenoxy) is 1. The number of benzene rings is 1. The van der Waals surface area contributed by atoms with Crippen LogP contribution in [-0.2, 0) is 4.74 Å². The Bertz CT molecular complexity index is 314. The third-order valence-electron chi connectivity index (χ3n) is 2.55. The van der Waals surface area contributed by atoms with Crippen LogP contribution in [0.25, 0.3) is 0 Å². The molecule has 0 heterocycles. The number of methoxy groups -OCH3 is 1. The molecule has 0 aliphatic carbocycles. The van der Waals surface area contributed by atoms with Crippen LogP contribution in [0.1, 0.15) is 19.4 Å². The fourth-order valence-electron chi connectivity index (χ4n) is 1.31. The number of hydrogen-bond donors (Lipinski definition) is 2. The van der Waals surface area contributed by atoms with Crippen LogP contribution in [0.15, 0.2) is 18.2 Å². The summed E-state index contributed by atoms with van der Waals surface area (Å²) in [6.07, 6.45) is 0. The molecule has 0 aromatic heterocycles. The Balaban J connectivity index is 2.73. The highest BCUT2D eigenvalue weighted by Gasteiger charge is 2.16. The molecule has 84 valence electrons.